The molecular formula is C18H24N2O2S. The quantitative estimate of drug-likeness (QED) is 0.796. The summed E-state index contributed by atoms with van der Waals surface area (Å²) in [6.07, 6.45) is 0.887. The topological polar surface area (TPSA) is 86.2 Å². The molecule has 0 aliphatic carbocycles. The minimum Gasteiger partial charge on any atom is -0.398 e. The van der Waals surface area contributed by atoms with Crippen LogP contribution in [0.25, 0.3) is 0 Å². The van der Waals surface area contributed by atoms with Crippen LogP contribution in [0.4, 0.5) is 11.4 Å². The van der Waals surface area contributed by atoms with E-state index >= 15 is 0 Å². The normalized spacial score (nSPS) is 11.6. The van der Waals surface area contributed by atoms with Crippen molar-refractivity contribution in [2.24, 2.45) is 0 Å². The molecule has 23 heavy (non-hydrogen) atoms. The number of para-hydroxylation sites is 2. The maximum absolute atomic E-state index is 12.3. The molecule has 4 nitrogen and oxygen atoms in total. The summed E-state index contributed by atoms with van der Waals surface area (Å²) < 4.78 is 24.6. The van der Waals surface area contributed by atoms with E-state index in [1.54, 1.807) is 0 Å². The zero-order valence-corrected chi connectivity index (χ0v) is 14.5. The highest BCUT2D eigenvalue weighted by Crippen LogP contribution is 2.19. The van der Waals surface area contributed by atoms with E-state index in [2.05, 4.69) is 0 Å². The van der Waals surface area contributed by atoms with Gasteiger partial charge in [-0.3, -0.25) is 0 Å². The molecule has 0 aliphatic rings. The van der Waals surface area contributed by atoms with Crippen molar-refractivity contribution < 1.29 is 8.42 Å². The number of hydrogen-bond acceptors (Lipinski definition) is 4. The molecule has 2 rings (SSSR count). The Morgan fingerprint density at radius 1 is 0.783 bits per heavy atom. The molecular weight excluding hydrogens is 308 g/mol. The lowest BCUT2D eigenvalue weighted by Crippen LogP contribution is -2.16. The number of nitrogens with two attached hydrogens (primary N) is 2. The first-order valence-electron chi connectivity index (χ1n) is 7.68. The van der Waals surface area contributed by atoms with Gasteiger partial charge in [-0.2, -0.15) is 0 Å². The van der Waals surface area contributed by atoms with Crippen molar-refractivity contribution in [3.05, 3.63) is 58.7 Å². The molecule has 0 saturated heterocycles. The van der Waals surface area contributed by atoms with Crippen LogP contribution in [-0.4, -0.2) is 19.9 Å². The lowest BCUT2D eigenvalue weighted by atomic mass is 10.1. The molecule has 0 bridgehead atoms. The highest BCUT2D eigenvalue weighted by molar-refractivity contribution is 7.91. The Kier molecular flexibility index (Phi) is 5.31. The molecule has 0 spiro atoms. The van der Waals surface area contributed by atoms with Gasteiger partial charge in [0.05, 0.1) is 11.5 Å². The molecule has 124 valence electrons. The minimum absolute atomic E-state index is 0.104. The second-order valence-electron chi connectivity index (χ2n) is 5.95. The fraction of sp³-hybridized carbons (Fsp3) is 0.333. The standard InChI is InChI=1S/C18H24N2O2S/c1-13-5-3-7-15(17(13)19)9-11-23(21,22)12-10-16-8-4-6-14(2)18(16)20/h3-8H,9-12,19-20H2,1-2H3. The van der Waals surface area contributed by atoms with Crippen molar-refractivity contribution in [1.29, 1.82) is 0 Å². The van der Waals surface area contributed by atoms with Crippen LogP contribution in [0.2, 0.25) is 0 Å². The summed E-state index contributed by atoms with van der Waals surface area (Å²) in [5, 5.41) is 0. The monoisotopic (exact) mass is 332 g/mol. The fourth-order valence-electron chi connectivity index (χ4n) is 2.55. The molecule has 2 aromatic carbocycles. The van der Waals surface area contributed by atoms with Gasteiger partial charge in [-0.25, -0.2) is 8.42 Å². The van der Waals surface area contributed by atoms with Crippen LogP contribution in [0.3, 0.4) is 0 Å². The van der Waals surface area contributed by atoms with E-state index in [9.17, 15) is 8.42 Å². The van der Waals surface area contributed by atoms with Crippen molar-refractivity contribution in [3.63, 3.8) is 0 Å². The Hall–Kier alpha value is -2.01. The lowest BCUT2D eigenvalue weighted by Gasteiger charge is -2.10. The number of rotatable bonds is 6. The van der Waals surface area contributed by atoms with E-state index in [4.69, 9.17) is 11.5 Å². The van der Waals surface area contributed by atoms with Crippen molar-refractivity contribution in [2.45, 2.75) is 26.7 Å². The molecule has 0 aromatic heterocycles. The van der Waals surface area contributed by atoms with Crippen LogP contribution in [0.1, 0.15) is 22.3 Å². The second kappa shape index (κ2) is 7.04. The Morgan fingerprint density at radius 3 is 1.57 bits per heavy atom. The van der Waals surface area contributed by atoms with E-state index in [1.165, 1.54) is 0 Å². The first-order chi connectivity index (χ1) is 10.8. The summed E-state index contributed by atoms with van der Waals surface area (Å²) in [5.41, 5.74) is 17.1. The molecule has 0 radical (unpaired) electrons. The summed E-state index contributed by atoms with van der Waals surface area (Å²) in [7, 11) is -3.15. The number of hydrogen-bond donors (Lipinski definition) is 2. The summed E-state index contributed by atoms with van der Waals surface area (Å²) >= 11 is 0. The highest BCUT2D eigenvalue weighted by Gasteiger charge is 2.14. The van der Waals surface area contributed by atoms with Gasteiger partial charge in [0.2, 0.25) is 0 Å². The van der Waals surface area contributed by atoms with E-state index in [-0.39, 0.29) is 11.5 Å². The van der Waals surface area contributed by atoms with E-state index in [0.29, 0.717) is 24.2 Å². The summed E-state index contributed by atoms with van der Waals surface area (Å²) in [6, 6.07) is 11.4. The number of nitrogen functional groups attached to an aromatic ring is 2. The van der Waals surface area contributed by atoms with Crippen molar-refractivity contribution in [2.75, 3.05) is 23.0 Å². The molecule has 0 atom stereocenters. The lowest BCUT2D eigenvalue weighted by molar-refractivity contribution is 0.594. The molecule has 0 unspecified atom stereocenters. The molecule has 5 heteroatoms. The largest absolute Gasteiger partial charge is 0.398 e. The minimum atomic E-state index is -3.15. The summed E-state index contributed by atoms with van der Waals surface area (Å²) in [5.74, 6) is 0.207. The van der Waals surface area contributed by atoms with Crippen molar-refractivity contribution >= 4 is 21.2 Å². The van der Waals surface area contributed by atoms with Gasteiger partial charge in [0.1, 0.15) is 0 Å². The molecule has 0 fully saturated rings. The van der Waals surface area contributed by atoms with Crippen LogP contribution in [0.5, 0.6) is 0 Å². The van der Waals surface area contributed by atoms with Crippen LogP contribution in [0.15, 0.2) is 36.4 Å². The van der Waals surface area contributed by atoms with Gasteiger partial charge >= 0.3 is 0 Å². The third-order valence-corrected chi connectivity index (χ3v) is 5.85. The number of anilines is 2. The summed E-state index contributed by atoms with van der Waals surface area (Å²) in [6.45, 7) is 3.85. The van der Waals surface area contributed by atoms with Crippen LogP contribution < -0.4 is 11.5 Å². The highest BCUT2D eigenvalue weighted by atomic mass is 32.2. The predicted octanol–water partition coefficient (Wildman–Crippen LogP) is 2.67. The maximum Gasteiger partial charge on any atom is 0.150 e. The SMILES string of the molecule is Cc1cccc(CCS(=O)(=O)CCc2cccc(C)c2N)c1N. The van der Waals surface area contributed by atoms with Crippen LogP contribution in [0, 0.1) is 13.8 Å². The predicted molar refractivity (Wildman–Crippen MR) is 97.2 cm³/mol. The maximum atomic E-state index is 12.3. The van der Waals surface area contributed by atoms with Gasteiger partial charge in [0.25, 0.3) is 0 Å². The smallest absolute Gasteiger partial charge is 0.150 e. The Morgan fingerprint density at radius 2 is 1.17 bits per heavy atom. The number of benzene rings is 2. The van der Waals surface area contributed by atoms with Crippen LogP contribution in [-0.2, 0) is 22.7 Å². The molecule has 4 N–H and O–H groups in total. The van der Waals surface area contributed by atoms with E-state index in [0.717, 1.165) is 22.3 Å². The zero-order chi connectivity index (χ0) is 17.0. The first-order valence-corrected chi connectivity index (χ1v) is 9.50. The van der Waals surface area contributed by atoms with Gasteiger partial charge in [-0.05, 0) is 48.9 Å². The third-order valence-electron chi connectivity index (χ3n) is 4.19. The fourth-order valence-corrected chi connectivity index (χ4v) is 3.82. The Labute approximate surface area is 138 Å². The average molecular weight is 332 g/mol. The number of aryl methyl sites for hydroxylation is 4. The van der Waals surface area contributed by atoms with Gasteiger partial charge in [0.15, 0.2) is 9.84 Å². The second-order valence-corrected chi connectivity index (χ2v) is 8.25. The van der Waals surface area contributed by atoms with Crippen molar-refractivity contribution in [1.82, 2.24) is 0 Å². The third kappa shape index (κ3) is 4.48. The van der Waals surface area contributed by atoms with Gasteiger partial charge in [-0.1, -0.05) is 36.4 Å². The van der Waals surface area contributed by atoms with Crippen LogP contribution >= 0.6 is 0 Å². The first kappa shape index (κ1) is 17.3. The number of sulfone groups is 1. The van der Waals surface area contributed by atoms with E-state index in [1.807, 2.05) is 50.2 Å². The summed E-state index contributed by atoms with van der Waals surface area (Å²) in [4.78, 5) is 0. The Balaban J connectivity index is 2.00. The van der Waals surface area contributed by atoms with E-state index < -0.39 is 9.84 Å². The van der Waals surface area contributed by atoms with Gasteiger partial charge in [-0.15, -0.1) is 0 Å². The molecule has 0 saturated carbocycles. The van der Waals surface area contributed by atoms with Gasteiger partial charge in [0, 0.05) is 11.4 Å². The molecule has 0 heterocycles. The van der Waals surface area contributed by atoms with Crippen molar-refractivity contribution in [3.8, 4) is 0 Å². The van der Waals surface area contributed by atoms with Gasteiger partial charge < -0.3 is 11.5 Å². The molecule has 2 aromatic rings. The molecule has 0 amide bonds. The Bertz CT molecular complexity index is 737. The molecule has 0 aliphatic heterocycles. The zero-order valence-electron chi connectivity index (χ0n) is 13.7. The average Bonchev–Trinajstić information content (AvgIpc) is 2.50.